The molecule has 0 fully saturated rings. The molecule has 0 saturated heterocycles. The molecule has 2 aromatic rings. The third-order valence-corrected chi connectivity index (χ3v) is 4.53. The largest absolute Gasteiger partial charge is 0.468 e. The Balaban J connectivity index is 2.41. The van der Waals surface area contributed by atoms with E-state index in [4.69, 9.17) is 9.93 Å². The van der Waals surface area contributed by atoms with Crippen LogP contribution < -0.4 is 5.32 Å². The van der Waals surface area contributed by atoms with E-state index in [0.717, 1.165) is 13.4 Å². The van der Waals surface area contributed by atoms with Gasteiger partial charge >= 0.3 is 12.1 Å². The number of benzene rings is 1. The summed E-state index contributed by atoms with van der Waals surface area (Å²) in [6.07, 6.45) is -3.55. The lowest BCUT2D eigenvalue weighted by molar-refractivity contribution is -0.139. The number of hydrogen-bond donors (Lipinski definition) is 2. The molecule has 1 aromatic heterocycles. The normalized spacial score (nSPS) is 12.5. The van der Waals surface area contributed by atoms with Crippen LogP contribution in [0.2, 0.25) is 0 Å². The Kier molecular flexibility index (Phi) is 6.41. The van der Waals surface area contributed by atoms with E-state index in [1.54, 1.807) is 0 Å². The summed E-state index contributed by atoms with van der Waals surface area (Å²) in [4.78, 5) is 15.2. The van der Waals surface area contributed by atoms with Gasteiger partial charge in [0.25, 0.3) is 5.89 Å². The first-order chi connectivity index (χ1) is 13.4. The predicted octanol–water partition coefficient (Wildman–Crippen LogP) is 1.83. The molecule has 9 nitrogen and oxygen atoms in total. The van der Waals surface area contributed by atoms with Crippen molar-refractivity contribution >= 4 is 27.2 Å². The number of methoxy groups -OCH3 is 1. The number of aromatic nitrogens is 2. The number of esters is 1. The van der Waals surface area contributed by atoms with Crippen LogP contribution in [0.4, 0.5) is 13.2 Å². The van der Waals surface area contributed by atoms with Crippen molar-refractivity contribution in [1.29, 1.82) is 5.41 Å². The van der Waals surface area contributed by atoms with Crippen LogP contribution in [-0.4, -0.2) is 56.3 Å². The van der Waals surface area contributed by atoms with Crippen LogP contribution in [0.15, 0.2) is 39.8 Å². The van der Waals surface area contributed by atoms with Gasteiger partial charge in [0, 0.05) is 11.8 Å². The van der Waals surface area contributed by atoms with Gasteiger partial charge in [-0.2, -0.15) is 18.2 Å². The molecular weight excluding hydrogens is 417 g/mol. The molecule has 0 aliphatic carbocycles. The van der Waals surface area contributed by atoms with Crippen molar-refractivity contribution in [2.75, 3.05) is 19.9 Å². The first kappa shape index (κ1) is 22.1. The molecule has 0 amide bonds. The van der Waals surface area contributed by atoms with Gasteiger partial charge in [0.15, 0.2) is 9.84 Å². The fourth-order valence-corrected chi connectivity index (χ4v) is 2.64. The van der Waals surface area contributed by atoms with Gasteiger partial charge in [-0.3, -0.25) is 10.2 Å². The quantitative estimate of drug-likeness (QED) is 0.500. The van der Waals surface area contributed by atoms with Gasteiger partial charge in [-0.25, -0.2) is 8.42 Å². The Morgan fingerprint density at radius 3 is 2.66 bits per heavy atom. The van der Waals surface area contributed by atoms with Crippen molar-refractivity contribution in [2.24, 2.45) is 0 Å². The second kappa shape index (κ2) is 8.43. The summed E-state index contributed by atoms with van der Waals surface area (Å²) in [5, 5.41) is 13.1. The minimum Gasteiger partial charge on any atom is -0.468 e. The van der Waals surface area contributed by atoms with E-state index >= 15 is 0 Å². The van der Waals surface area contributed by atoms with Gasteiger partial charge < -0.3 is 14.6 Å². The van der Waals surface area contributed by atoms with Crippen molar-refractivity contribution in [3.63, 3.8) is 0 Å². The molecule has 13 heteroatoms. The average molecular weight is 432 g/mol. The van der Waals surface area contributed by atoms with Crippen LogP contribution >= 0.6 is 0 Å². The van der Waals surface area contributed by atoms with E-state index < -0.39 is 45.8 Å². The zero-order valence-corrected chi connectivity index (χ0v) is 15.9. The summed E-state index contributed by atoms with van der Waals surface area (Å²) in [6, 6.07) is 5.54. The van der Waals surface area contributed by atoms with Crippen molar-refractivity contribution in [2.45, 2.75) is 11.1 Å². The summed E-state index contributed by atoms with van der Waals surface area (Å²) in [6.45, 7) is -0.519. The zero-order valence-electron chi connectivity index (χ0n) is 15.1. The second-order valence-corrected chi connectivity index (χ2v) is 7.64. The highest BCUT2D eigenvalue weighted by Crippen LogP contribution is 2.23. The predicted molar refractivity (Wildman–Crippen MR) is 94.6 cm³/mol. The number of nitrogens with zero attached hydrogens (tertiary/aromatic N) is 2. The molecule has 2 N–H and O–H groups in total. The molecule has 156 valence electrons. The monoisotopic (exact) mass is 432 g/mol. The Hall–Kier alpha value is -3.22. The number of carbonyl (C=O) groups is 1. The summed E-state index contributed by atoms with van der Waals surface area (Å²) in [7, 11) is -2.42. The number of nitrogens with one attached hydrogen (secondary N) is 2. The maximum Gasteiger partial charge on any atom is 0.432 e. The highest BCUT2D eigenvalue weighted by Gasteiger charge is 2.33. The summed E-state index contributed by atoms with van der Waals surface area (Å²) in [5.74, 6) is -1.33. The number of sulfone groups is 1. The van der Waals surface area contributed by atoms with Crippen molar-refractivity contribution < 1.29 is 35.6 Å². The lowest BCUT2D eigenvalue weighted by Crippen LogP contribution is -2.26. The molecule has 29 heavy (non-hydrogen) atoms. The number of ether oxygens (including phenoxy) is 1. The van der Waals surface area contributed by atoms with Crippen molar-refractivity contribution in [3.8, 4) is 11.4 Å². The zero-order chi connectivity index (χ0) is 21.8. The lowest BCUT2D eigenvalue weighted by Gasteiger charge is -2.08. The number of rotatable bonds is 7. The molecule has 0 atom stereocenters. The molecule has 0 aliphatic heterocycles. The van der Waals surface area contributed by atoms with Crippen molar-refractivity contribution in [3.05, 3.63) is 36.2 Å². The average Bonchev–Trinajstić information content (AvgIpc) is 3.13. The third kappa shape index (κ3) is 5.88. The van der Waals surface area contributed by atoms with E-state index in [9.17, 15) is 26.4 Å². The Labute approximate surface area is 163 Å². The van der Waals surface area contributed by atoms with Crippen LogP contribution in [0.25, 0.3) is 17.1 Å². The fourth-order valence-electron chi connectivity index (χ4n) is 1.97. The van der Waals surface area contributed by atoms with Gasteiger partial charge in [0.05, 0.1) is 12.0 Å². The number of carbonyl (C=O) groups excluding carboxylic acids is 1. The summed E-state index contributed by atoms with van der Waals surface area (Å²) >= 11 is 0. The topological polar surface area (TPSA) is 135 Å². The first-order valence-electron chi connectivity index (χ1n) is 7.74. The number of allylic oxidation sites excluding steroid dienone is 1. The van der Waals surface area contributed by atoms with Gasteiger partial charge in [-0.1, -0.05) is 17.3 Å². The van der Waals surface area contributed by atoms with Gasteiger partial charge in [-0.15, -0.1) is 0 Å². The maximum absolute atomic E-state index is 12.7. The number of hydrogen-bond acceptors (Lipinski definition) is 9. The molecular formula is C16H15F3N4O5S. The molecule has 0 radical (unpaired) electrons. The van der Waals surface area contributed by atoms with Gasteiger partial charge in [0.1, 0.15) is 18.0 Å². The number of alkyl halides is 3. The minimum atomic E-state index is -4.94. The standard InChI is InChI=1S/C16H15F3N4O5S/c1-27-13(24)8-21-11(7-12(20)16(17,18)19)15-22-14(23-28-15)9-4-3-5-10(6-9)29(2,25)26/h3-7,20-21H,8H2,1-2H3/b11-7-,20-12?. The lowest BCUT2D eigenvalue weighted by atomic mass is 10.2. The van der Waals surface area contributed by atoms with E-state index in [2.05, 4.69) is 20.2 Å². The Morgan fingerprint density at radius 1 is 1.38 bits per heavy atom. The van der Waals surface area contributed by atoms with Gasteiger partial charge in [0.2, 0.25) is 5.82 Å². The minimum absolute atomic E-state index is 0.0141. The van der Waals surface area contributed by atoms with E-state index in [-0.39, 0.29) is 16.3 Å². The fraction of sp³-hybridized carbons (Fsp3) is 0.250. The molecule has 1 heterocycles. The van der Waals surface area contributed by atoms with E-state index in [1.807, 2.05) is 0 Å². The smallest absolute Gasteiger partial charge is 0.432 e. The Bertz CT molecular complexity index is 1060. The molecule has 2 rings (SSSR count). The first-order valence-corrected chi connectivity index (χ1v) is 9.63. The van der Waals surface area contributed by atoms with E-state index in [1.165, 1.54) is 24.3 Å². The molecule has 0 bridgehead atoms. The SMILES string of the molecule is COC(=O)CN/C(=C\C(=N)C(F)(F)F)c1nc(-c2cccc(S(C)(=O)=O)c2)no1. The highest BCUT2D eigenvalue weighted by molar-refractivity contribution is 7.90. The molecule has 0 saturated carbocycles. The van der Waals surface area contributed by atoms with Crippen LogP contribution in [0, 0.1) is 5.41 Å². The number of halogens is 3. The second-order valence-electron chi connectivity index (χ2n) is 5.62. The van der Waals surface area contributed by atoms with E-state index in [0.29, 0.717) is 6.08 Å². The summed E-state index contributed by atoms with van der Waals surface area (Å²) in [5.41, 5.74) is -1.92. The van der Waals surface area contributed by atoms with Crippen LogP contribution in [0.1, 0.15) is 5.89 Å². The maximum atomic E-state index is 12.7. The van der Waals surface area contributed by atoms with Crippen LogP contribution in [0.5, 0.6) is 0 Å². The van der Waals surface area contributed by atoms with Gasteiger partial charge in [-0.05, 0) is 18.2 Å². The molecule has 0 aliphatic rings. The highest BCUT2D eigenvalue weighted by atomic mass is 32.2. The summed E-state index contributed by atoms with van der Waals surface area (Å²) < 4.78 is 70.8. The Morgan fingerprint density at radius 2 is 2.07 bits per heavy atom. The molecule has 0 unspecified atom stereocenters. The van der Waals surface area contributed by atoms with Crippen LogP contribution in [0.3, 0.4) is 0 Å². The molecule has 1 aromatic carbocycles. The van der Waals surface area contributed by atoms with Crippen LogP contribution in [-0.2, 0) is 19.4 Å². The molecule has 0 spiro atoms. The third-order valence-electron chi connectivity index (χ3n) is 3.42. The van der Waals surface area contributed by atoms with Crippen molar-refractivity contribution in [1.82, 2.24) is 15.5 Å².